The first-order valence-corrected chi connectivity index (χ1v) is 10.2. The topological polar surface area (TPSA) is 51.9 Å². The quantitative estimate of drug-likeness (QED) is 0.563. The number of ether oxygens (including phenoxy) is 2. The summed E-state index contributed by atoms with van der Waals surface area (Å²) < 4.78 is 12.9. The minimum absolute atomic E-state index is 0.690. The smallest absolute Gasteiger partial charge is 0.230 e. The molecule has 0 unspecified atom stereocenters. The van der Waals surface area contributed by atoms with E-state index in [1.54, 1.807) is 14.2 Å². The maximum absolute atomic E-state index is 5.39. The number of fused-ring (bicyclic) bond motifs is 1. The van der Waals surface area contributed by atoms with E-state index in [0.29, 0.717) is 11.5 Å². The van der Waals surface area contributed by atoms with Crippen molar-refractivity contribution in [2.45, 2.75) is 25.8 Å². The van der Waals surface area contributed by atoms with Crippen LogP contribution < -0.4 is 9.47 Å². The van der Waals surface area contributed by atoms with Gasteiger partial charge in [0.05, 0.1) is 25.3 Å². The number of rotatable bonds is 7. The summed E-state index contributed by atoms with van der Waals surface area (Å²) in [5.41, 5.74) is 3.05. The zero-order chi connectivity index (χ0) is 20.1. The summed E-state index contributed by atoms with van der Waals surface area (Å²) >= 11 is 0. The molecule has 2 heterocycles. The monoisotopic (exact) mass is 392 g/mol. The van der Waals surface area contributed by atoms with E-state index in [1.807, 2.05) is 36.5 Å². The molecule has 1 fully saturated rings. The van der Waals surface area contributed by atoms with Gasteiger partial charge in [-0.2, -0.15) is 0 Å². The second-order valence-corrected chi connectivity index (χ2v) is 7.33. The number of likely N-dealkylation sites (tertiary alicyclic amines) is 1. The predicted octanol–water partition coefficient (Wildman–Crippen LogP) is 4.29. The number of piperidine rings is 1. The van der Waals surface area contributed by atoms with Gasteiger partial charge in [-0.15, -0.1) is 0 Å². The standard InChI is InChI=1S/C23H28N4O2/c1-28-21-11-10-18(16-22(21)29-2)17-24-23-25-19-8-4-5-9-20(19)27(23)15-14-26-12-6-3-7-13-26/h4-5,8-11,16-17H,3,6-7,12-15H2,1-2H3/b24-17+. The van der Waals surface area contributed by atoms with Gasteiger partial charge in [0.2, 0.25) is 5.95 Å². The molecule has 1 aliphatic heterocycles. The fourth-order valence-electron chi connectivity index (χ4n) is 3.87. The second-order valence-electron chi connectivity index (χ2n) is 7.33. The number of hydrogen-bond donors (Lipinski definition) is 0. The van der Waals surface area contributed by atoms with Crippen molar-refractivity contribution in [3.8, 4) is 11.5 Å². The van der Waals surface area contributed by atoms with Crippen LogP contribution in [0.2, 0.25) is 0 Å². The fraction of sp³-hybridized carbons (Fsp3) is 0.391. The SMILES string of the molecule is COc1ccc(/C=N/c2nc3ccccc3n2CCN2CCCCC2)cc1OC. The van der Waals surface area contributed by atoms with Crippen molar-refractivity contribution in [3.05, 3.63) is 48.0 Å². The molecule has 0 aliphatic carbocycles. The minimum atomic E-state index is 0.690. The molecule has 152 valence electrons. The highest BCUT2D eigenvalue weighted by Gasteiger charge is 2.13. The third-order valence-electron chi connectivity index (χ3n) is 5.46. The van der Waals surface area contributed by atoms with Gasteiger partial charge in [-0.05, 0) is 61.8 Å². The van der Waals surface area contributed by atoms with Crippen LogP contribution in [0.25, 0.3) is 11.0 Å². The molecular formula is C23H28N4O2. The van der Waals surface area contributed by atoms with E-state index >= 15 is 0 Å². The van der Waals surface area contributed by atoms with Gasteiger partial charge in [0.1, 0.15) is 0 Å². The molecule has 0 radical (unpaired) electrons. The Labute approximate surface area is 171 Å². The van der Waals surface area contributed by atoms with Gasteiger partial charge in [-0.1, -0.05) is 18.6 Å². The summed E-state index contributed by atoms with van der Waals surface area (Å²) in [4.78, 5) is 12.0. The average Bonchev–Trinajstić information content (AvgIpc) is 3.14. The van der Waals surface area contributed by atoms with E-state index in [0.717, 1.165) is 35.6 Å². The minimum Gasteiger partial charge on any atom is -0.493 e. The van der Waals surface area contributed by atoms with Crippen LogP contribution in [0, 0.1) is 0 Å². The molecule has 1 aromatic heterocycles. The molecule has 1 aliphatic rings. The summed E-state index contributed by atoms with van der Waals surface area (Å²) in [6.07, 6.45) is 5.79. The highest BCUT2D eigenvalue weighted by atomic mass is 16.5. The second kappa shape index (κ2) is 9.09. The van der Waals surface area contributed by atoms with Gasteiger partial charge in [-0.25, -0.2) is 9.98 Å². The van der Waals surface area contributed by atoms with Gasteiger partial charge < -0.3 is 18.9 Å². The Balaban J connectivity index is 1.60. The molecule has 6 heteroatoms. The molecule has 6 nitrogen and oxygen atoms in total. The molecule has 2 aromatic carbocycles. The van der Waals surface area contributed by atoms with E-state index in [2.05, 4.69) is 21.6 Å². The molecule has 29 heavy (non-hydrogen) atoms. The van der Waals surface area contributed by atoms with E-state index < -0.39 is 0 Å². The number of imidazole rings is 1. The number of benzene rings is 2. The molecule has 0 amide bonds. The van der Waals surface area contributed by atoms with Gasteiger partial charge in [0, 0.05) is 19.3 Å². The van der Waals surface area contributed by atoms with E-state index in [-0.39, 0.29) is 0 Å². The Bertz CT molecular complexity index is 990. The molecule has 0 saturated carbocycles. The number of aromatic nitrogens is 2. The van der Waals surface area contributed by atoms with Gasteiger partial charge in [0.25, 0.3) is 0 Å². The van der Waals surface area contributed by atoms with Crippen molar-refractivity contribution < 1.29 is 9.47 Å². The maximum atomic E-state index is 5.39. The molecule has 3 aromatic rings. The first-order valence-electron chi connectivity index (χ1n) is 10.2. The number of nitrogens with zero attached hydrogens (tertiary/aromatic N) is 4. The Hall–Kier alpha value is -2.86. The molecule has 1 saturated heterocycles. The van der Waals surface area contributed by atoms with Crippen molar-refractivity contribution in [2.75, 3.05) is 33.9 Å². The third kappa shape index (κ3) is 4.43. The summed E-state index contributed by atoms with van der Waals surface area (Å²) in [6.45, 7) is 4.30. The van der Waals surface area contributed by atoms with Crippen molar-refractivity contribution >= 4 is 23.2 Å². The van der Waals surface area contributed by atoms with Crippen LogP contribution in [0.15, 0.2) is 47.5 Å². The van der Waals surface area contributed by atoms with Crippen molar-refractivity contribution in [2.24, 2.45) is 4.99 Å². The Morgan fingerprint density at radius 3 is 2.55 bits per heavy atom. The largest absolute Gasteiger partial charge is 0.493 e. The van der Waals surface area contributed by atoms with Gasteiger partial charge >= 0.3 is 0 Å². The number of para-hydroxylation sites is 2. The van der Waals surface area contributed by atoms with E-state index in [1.165, 1.54) is 32.4 Å². The average molecular weight is 393 g/mol. The van der Waals surface area contributed by atoms with Crippen molar-refractivity contribution in [1.82, 2.24) is 14.5 Å². The molecular weight excluding hydrogens is 364 g/mol. The van der Waals surface area contributed by atoms with Gasteiger partial charge in [0.15, 0.2) is 11.5 Å². The van der Waals surface area contributed by atoms with Crippen LogP contribution in [0.4, 0.5) is 5.95 Å². The first kappa shape index (κ1) is 19.5. The Kier molecular flexibility index (Phi) is 6.10. The summed E-state index contributed by atoms with van der Waals surface area (Å²) in [6, 6.07) is 14.0. The Morgan fingerprint density at radius 2 is 1.76 bits per heavy atom. The lowest BCUT2D eigenvalue weighted by atomic mass is 10.1. The zero-order valence-electron chi connectivity index (χ0n) is 17.2. The number of methoxy groups -OCH3 is 2. The first-order chi connectivity index (χ1) is 14.3. The van der Waals surface area contributed by atoms with Crippen LogP contribution in [-0.2, 0) is 6.54 Å². The van der Waals surface area contributed by atoms with E-state index in [9.17, 15) is 0 Å². The molecule has 0 N–H and O–H groups in total. The van der Waals surface area contributed by atoms with E-state index in [4.69, 9.17) is 19.5 Å². The molecule has 0 bridgehead atoms. The Morgan fingerprint density at radius 1 is 0.966 bits per heavy atom. The summed E-state index contributed by atoms with van der Waals surface area (Å²) in [5, 5.41) is 0. The fourth-order valence-corrected chi connectivity index (χ4v) is 3.87. The highest BCUT2D eigenvalue weighted by molar-refractivity contribution is 5.84. The van der Waals surface area contributed by atoms with Crippen LogP contribution in [0.1, 0.15) is 24.8 Å². The maximum Gasteiger partial charge on any atom is 0.230 e. The lowest BCUT2D eigenvalue weighted by molar-refractivity contribution is 0.222. The van der Waals surface area contributed by atoms with Crippen LogP contribution in [0.5, 0.6) is 11.5 Å². The summed E-state index contributed by atoms with van der Waals surface area (Å²) in [5.74, 6) is 2.13. The lowest BCUT2D eigenvalue weighted by Gasteiger charge is -2.26. The normalized spacial score (nSPS) is 15.2. The lowest BCUT2D eigenvalue weighted by Crippen LogP contribution is -2.32. The van der Waals surface area contributed by atoms with Crippen molar-refractivity contribution in [3.63, 3.8) is 0 Å². The van der Waals surface area contributed by atoms with Crippen LogP contribution in [-0.4, -0.2) is 54.5 Å². The predicted molar refractivity (Wildman–Crippen MR) is 117 cm³/mol. The van der Waals surface area contributed by atoms with Gasteiger partial charge in [-0.3, -0.25) is 0 Å². The third-order valence-corrected chi connectivity index (χ3v) is 5.46. The molecule has 4 rings (SSSR count). The van der Waals surface area contributed by atoms with Crippen LogP contribution in [0.3, 0.4) is 0 Å². The molecule has 0 atom stereocenters. The number of hydrogen-bond acceptors (Lipinski definition) is 5. The molecule has 0 spiro atoms. The van der Waals surface area contributed by atoms with Crippen LogP contribution >= 0.6 is 0 Å². The highest BCUT2D eigenvalue weighted by Crippen LogP contribution is 2.27. The zero-order valence-corrected chi connectivity index (χ0v) is 17.2. The summed E-state index contributed by atoms with van der Waals surface area (Å²) in [7, 11) is 3.27. The van der Waals surface area contributed by atoms with Crippen molar-refractivity contribution in [1.29, 1.82) is 0 Å². The number of aliphatic imine (C=N–C) groups is 1.